The number of benzene rings is 2. The molecule has 0 saturated carbocycles. The summed E-state index contributed by atoms with van der Waals surface area (Å²) in [7, 11) is -3.76. The number of nitrogens with zero attached hydrogens (tertiary/aromatic N) is 2. The second-order valence-corrected chi connectivity index (χ2v) is 9.78. The summed E-state index contributed by atoms with van der Waals surface area (Å²) in [5, 5.41) is 2.73. The van der Waals surface area contributed by atoms with Crippen molar-refractivity contribution in [3.8, 4) is 0 Å². The van der Waals surface area contributed by atoms with Crippen molar-refractivity contribution in [2.75, 3.05) is 29.9 Å². The lowest BCUT2D eigenvalue weighted by Gasteiger charge is -2.31. The van der Waals surface area contributed by atoms with E-state index in [9.17, 15) is 22.4 Å². The van der Waals surface area contributed by atoms with E-state index in [1.165, 1.54) is 40.7 Å². The molecule has 31 heavy (non-hydrogen) atoms. The summed E-state index contributed by atoms with van der Waals surface area (Å²) >= 11 is 0. The van der Waals surface area contributed by atoms with Gasteiger partial charge < -0.3 is 10.2 Å². The summed E-state index contributed by atoms with van der Waals surface area (Å²) in [4.78, 5) is 26.3. The molecule has 2 amide bonds. The molecule has 0 aromatic heterocycles. The van der Waals surface area contributed by atoms with Crippen molar-refractivity contribution in [3.05, 3.63) is 54.3 Å². The van der Waals surface area contributed by atoms with Crippen LogP contribution in [0.1, 0.15) is 25.7 Å². The van der Waals surface area contributed by atoms with Crippen molar-refractivity contribution in [2.45, 2.75) is 30.6 Å². The first kappa shape index (κ1) is 21.5. The van der Waals surface area contributed by atoms with Gasteiger partial charge in [-0.25, -0.2) is 12.8 Å². The lowest BCUT2D eigenvalue weighted by Crippen LogP contribution is -2.43. The molecular formula is C22H24FN3O4S. The van der Waals surface area contributed by atoms with E-state index in [2.05, 4.69) is 5.32 Å². The SMILES string of the molecule is O=C(Nc1ccc(F)cc1)[C@H]1CCCN(S(=O)(=O)c2ccc(N3CCCC3=O)cc2)C1. The number of nitrogens with one attached hydrogen (secondary N) is 1. The Morgan fingerprint density at radius 2 is 1.71 bits per heavy atom. The maximum Gasteiger partial charge on any atom is 0.243 e. The molecule has 2 saturated heterocycles. The average Bonchev–Trinajstić information content (AvgIpc) is 3.21. The van der Waals surface area contributed by atoms with Gasteiger partial charge in [-0.3, -0.25) is 9.59 Å². The molecule has 1 atom stereocenters. The van der Waals surface area contributed by atoms with Crippen molar-refractivity contribution in [1.29, 1.82) is 0 Å². The largest absolute Gasteiger partial charge is 0.326 e. The van der Waals surface area contributed by atoms with Crippen molar-refractivity contribution in [2.24, 2.45) is 5.92 Å². The van der Waals surface area contributed by atoms with Gasteiger partial charge in [0.2, 0.25) is 21.8 Å². The van der Waals surface area contributed by atoms with Gasteiger partial charge in [-0.05, 0) is 67.8 Å². The van der Waals surface area contributed by atoms with Crippen LogP contribution < -0.4 is 10.2 Å². The summed E-state index contributed by atoms with van der Waals surface area (Å²) in [6, 6.07) is 11.8. The second kappa shape index (κ2) is 8.76. The Hall–Kier alpha value is -2.78. The fraction of sp³-hybridized carbons (Fsp3) is 0.364. The van der Waals surface area contributed by atoms with Crippen LogP contribution in [0.2, 0.25) is 0 Å². The number of hydrogen-bond acceptors (Lipinski definition) is 4. The maximum atomic E-state index is 13.1. The lowest BCUT2D eigenvalue weighted by atomic mass is 9.99. The van der Waals surface area contributed by atoms with E-state index in [4.69, 9.17) is 0 Å². The van der Waals surface area contributed by atoms with Gasteiger partial charge in [0.15, 0.2) is 0 Å². The molecule has 0 spiro atoms. The Morgan fingerprint density at radius 1 is 1.00 bits per heavy atom. The minimum Gasteiger partial charge on any atom is -0.326 e. The molecule has 2 aliphatic rings. The van der Waals surface area contributed by atoms with Crippen LogP contribution in [0.25, 0.3) is 0 Å². The van der Waals surface area contributed by atoms with Gasteiger partial charge in [-0.1, -0.05) is 0 Å². The van der Waals surface area contributed by atoms with Gasteiger partial charge in [0.1, 0.15) is 5.82 Å². The fourth-order valence-corrected chi connectivity index (χ4v) is 5.54. The number of sulfonamides is 1. The van der Waals surface area contributed by atoms with Crippen LogP contribution in [0.15, 0.2) is 53.4 Å². The molecule has 0 bridgehead atoms. The molecule has 2 aliphatic heterocycles. The normalized spacial score (nSPS) is 20.1. The first-order chi connectivity index (χ1) is 14.8. The number of hydrogen-bond donors (Lipinski definition) is 1. The van der Waals surface area contributed by atoms with Gasteiger partial charge in [0.25, 0.3) is 0 Å². The summed E-state index contributed by atoms with van der Waals surface area (Å²) in [6.45, 7) is 1.07. The molecule has 0 aliphatic carbocycles. The van der Waals surface area contributed by atoms with E-state index in [0.717, 1.165) is 6.42 Å². The van der Waals surface area contributed by atoms with E-state index in [1.807, 2.05) is 0 Å². The van der Waals surface area contributed by atoms with Gasteiger partial charge in [-0.15, -0.1) is 0 Å². The Labute approximate surface area is 180 Å². The summed E-state index contributed by atoms with van der Waals surface area (Å²) in [5.41, 5.74) is 1.16. The molecule has 164 valence electrons. The van der Waals surface area contributed by atoms with Gasteiger partial charge >= 0.3 is 0 Å². The monoisotopic (exact) mass is 445 g/mol. The Bertz CT molecular complexity index is 1070. The minimum absolute atomic E-state index is 0.0432. The highest BCUT2D eigenvalue weighted by Gasteiger charge is 2.33. The number of carbonyl (C=O) groups is 2. The van der Waals surface area contributed by atoms with Crippen LogP contribution in [0, 0.1) is 11.7 Å². The highest BCUT2D eigenvalue weighted by Crippen LogP contribution is 2.27. The number of amides is 2. The molecule has 2 aromatic rings. The summed E-state index contributed by atoms with van der Waals surface area (Å²) in [6.07, 6.45) is 2.46. The number of anilines is 2. The van der Waals surface area contributed by atoms with E-state index < -0.39 is 21.8 Å². The third kappa shape index (κ3) is 4.62. The zero-order chi connectivity index (χ0) is 22.0. The van der Waals surface area contributed by atoms with E-state index >= 15 is 0 Å². The first-order valence-corrected chi connectivity index (χ1v) is 11.8. The van der Waals surface area contributed by atoms with Crippen LogP contribution >= 0.6 is 0 Å². The smallest absolute Gasteiger partial charge is 0.243 e. The number of rotatable bonds is 5. The highest BCUT2D eigenvalue weighted by atomic mass is 32.2. The van der Waals surface area contributed by atoms with Crippen LogP contribution in [-0.2, 0) is 19.6 Å². The molecule has 2 heterocycles. The predicted molar refractivity (Wildman–Crippen MR) is 115 cm³/mol. The van der Waals surface area contributed by atoms with Crippen LogP contribution in [0.4, 0.5) is 15.8 Å². The number of piperidine rings is 1. The van der Waals surface area contributed by atoms with E-state index in [1.54, 1.807) is 17.0 Å². The second-order valence-electron chi connectivity index (χ2n) is 7.84. The molecule has 0 radical (unpaired) electrons. The minimum atomic E-state index is -3.76. The quantitative estimate of drug-likeness (QED) is 0.767. The fourth-order valence-electron chi connectivity index (χ4n) is 4.02. The number of carbonyl (C=O) groups excluding carboxylic acids is 2. The van der Waals surface area contributed by atoms with E-state index in [-0.39, 0.29) is 23.3 Å². The summed E-state index contributed by atoms with van der Waals surface area (Å²) < 4.78 is 40.6. The average molecular weight is 446 g/mol. The standard InChI is InChI=1S/C22H24FN3O4S/c23-17-5-7-18(8-6-17)24-22(28)16-3-1-13-25(15-16)31(29,30)20-11-9-19(10-12-20)26-14-2-4-21(26)27/h5-12,16H,1-4,13-15H2,(H,24,28)/t16-/m0/s1. The van der Waals surface area contributed by atoms with E-state index in [0.29, 0.717) is 43.7 Å². The number of halogens is 1. The summed E-state index contributed by atoms with van der Waals surface area (Å²) in [5.74, 6) is -1.13. The maximum absolute atomic E-state index is 13.1. The van der Waals surface area contributed by atoms with Crippen LogP contribution in [-0.4, -0.2) is 44.2 Å². The molecule has 0 unspecified atom stereocenters. The van der Waals surface area contributed by atoms with Crippen molar-refractivity contribution in [1.82, 2.24) is 4.31 Å². The molecule has 9 heteroatoms. The zero-order valence-corrected chi connectivity index (χ0v) is 17.8. The van der Waals surface area contributed by atoms with Crippen molar-refractivity contribution < 1.29 is 22.4 Å². The van der Waals surface area contributed by atoms with Crippen LogP contribution in [0.5, 0.6) is 0 Å². The molecule has 1 N–H and O–H groups in total. The first-order valence-electron chi connectivity index (χ1n) is 10.3. The van der Waals surface area contributed by atoms with Gasteiger partial charge in [0.05, 0.1) is 10.8 Å². The third-order valence-electron chi connectivity index (χ3n) is 5.73. The molecule has 7 nitrogen and oxygen atoms in total. The molecule has 2 fully saturated rings. The van der Waals surface area contributed by atoms with Gasteiger partial charge in [0, 0.05) is 37.4 Å². The highest BCUT2D eigenvalue weighted by molar-refractivity contribution is 7.89. The molecule has 4 rings (SSSR count). The van der Waals surface area contributed by atoms with Crippen molar-refractivity contribution >= 4 is 33.2 Å². The topological polar surface area (TPSA) is 86.8 Å². The zero-order valence-electron chi connectivity index (χ0n) is 17.0. The Balaban J connectivity index is 1.44. The molecule has 2 aromatic carbocycles. The Morgan fingerprint density at radius 3 is 2.35 bits per heavy atom. The Kier molecular flexibility index (Phi) is 6.06. The van der Waals surface area contributed by atoms with Crippen LogP contribution in [0.3, 0.4) is 0 Å². The van der Waals surface area contributed by atoms with Crippen molar-refractivity contribution in [3.63, 3.8) is 0 Å². The predicted octanol–water partition coefficient (Wildman–Crippen LogP) is 2.99. The lowest BCUT2D eigenvalue weighted by molar-refractivity contribution is -0.121. The molecular weight excluding hydrogens is 421 g/mol. The third-order valence-corrected chi connectivity index (χ3v) is 7.61. The van der Waals surface area contributed by atoms with Gasteiger partial charge in [-0.2, -0.15) is 4.31 Å².